The molecule has 2 saturated carbocycles. The Morgan fingerprint density at radius 1 is 1.16 bits per heavy atom. The average molecular weight is 376 g/mol. The number of aliphatic imine (C=N–C) groups is 1. The van der Waals surface area contributed by atoms with Crippen molar-refractivity contribution >= 4 is 29.9 Å². The van der Waals surface area contributed by atoms with Crippen LogP contribution in [-0.4, -0.2) is 19.0 Å². The SMILES string of the molecule is I.N#CC1CCC(CNC(N)=NCC2CCC2)CC1. The quantitative estimate of drug-likeness (QED) is 0.450. The third-order valence-corrected chi connectivity index (χ3v) is 4.35. The number of halogens is 1. The summed E-state index contributed by atoms with van der Waals surface area (Å²) >= 11 is 0. The lowest BCUT2D eigenvalue weighted by Gasteiger charge is -2.25. The van der Waals surface area contributed by atoms with Crippen molar-refractivity contribution in [3.63, 3.8) is 0 Å². The van der Waals surface area contributed by atoms with E-state index >= 15 is 0 Å². The van der Waals surface area contributed by atoms with Gasteiger partial charge in [0.25, 0.3) is 0 Å². The zero-order valence-electron chi connectivity index (χ0n) is 11.5. The monoisotopic (exact) mass is 376 g/mol. The topological polar surface area (TPSA) is 74.2 Å². The van der Waals surface area contributed by atoms with E-state index in [-0.39, 0.29) is 29.9 Å². The number of nitrogens with one attached hydrogen (secondary N) is 1. The summed E-state index contributed by atoms with van der Waals surface area (Å²) < 4.78 is 0. The zero-order valence-corrected chi connectivity index (χ0v) is 13.8. The Morgan fingerprint density at radius 2 is 1.84 bits per heavy atom. The first kappa shape index (κ1) is 16.5. The first-order chi connectivity index (χ1) is 8.78. The second-order valence-corrected chi connectivity index (χ2v) is 5.75. The van der Waals surface area contributed by atoms with Crippen LogP contribution in [-0.2, 0) is 0 Å². The highest BCUT2D eigenvalue weighted by Crippen LogP contribution is 2.28. The third kappa shape index (κ3) is 5.55. The normalized spacial score (nSPS) is 27.8. The van der Waals surface area contributed by atoms with Gasteiger partial charge in [-0.25, -0.2) is 0 Å². The molecule has 5 heteroatoms. The van der Waals surface area contributed by atoms with Crippen molar-refractivity contribution in [2.75, 3.05) is 13.1 Å². The van der Waals surface area contributed by atoms with E-state index in [0.717, 1.165) is 44.7 Å². The molecule has 0 radical (unpaired) electrons. The number of guanidine groups is 1. The van der Waals surface area contributed by atoms with Gasteiger partial charge >= 0.3 is 0 Å². The molecule has 4 nitrogen and oxygen atoms in total. The number of nitrogens with zero attached hydrogens (tertiary/aromatic N) is 2. The highest BCUT2D eigenvalue weighted by atomic mass is 127. The molecule has 0 aromatic heterocycles. The molecule has 0 aliphatic heterocycles. The lowest BCUT2D eigenvalue weighted by molar-refractivity contribution is 0.313. The largest absolute Gasteiger partial charge is 0.370 e. The summed E-state index contributed by atoms with van der Waals surface area (Å²) in [5.74, 6) is 2.32. The van der Waals surface area contributed by atoms with Crippen molar-refractivity contribution in [3.05, 3.63) is 0 Å². The predicted octanol–water partition coefficient (Wildman–Crippen LogP) is 2.64. The Morgan fingerprint density at radius 3 is 2.37 bits per heavy atom. The van der Waals surface area contributed by atoms with Crippen LogP contribution in [0.3, 0.4) is 0 Å². The molecule has 0 unspecified atom stereocenters. The summed E-state index contributed by atoms with van der Waals surface area (Å²) in [5, 5.41) is 12.1. The molecule has 0 saturated heterocycles. The standard InChI is InChI=1S/C14H24N4.HI/c15-8-11-4-6-13(7-5-11)10-18-14(16)17-9-12-2-1-3-12;/h11-13H,1-7,9-10H2,(H3,16,17,18);1H. The molecule has 3 N–H and O–H groups in total. The van der Waals surface area contributed by atoms with Crippen LogP contribution >= 0.6 is 24.0 Å². The Labute approximate surface area is 133 Å². The molecular weight excluding hydrogens is 351 g/mol. The number of nitriles is 1. The summed E-state index contributed by atoms with van der Waals surface area (Å²) in [6, 6.07) is 2.37. The van der Waals surface area contributed by atoms with Gasteiger partial charge in [0.1, 0.15) is 0 Å². The maximum atomic E-state index is 8.84. The number of hydrogen-bond donors (Lipinski definition) is 2. The molecule has 0 bridgehead atoms. The van der Waals surface area contributed by atoms with Gasteiger partial charge in [-0.1, -0.05) is 6.42 Å². The van der Waals surface area contributed by atoms with Crippen molar-refractivity contribution in [1.82, 2.24) is 5.32 Å². The zero-order chi connectivity index (χ0) is 12.8. The highest BCUT2D eigenvalue weighted by Gasteiger charge is 2.20. The Bertz CT molecular complexity index is 325. The van der Waals surface area contributed by atoms with Crippen LogP contribution < -0.4 is 11.1 Å². The van der Waals surface area contributed by atoms with E-state index in [9.17, 15) is 0 Å². The Kier molecular flexibility index (Phi) is 7.51. The van der Waals surface area contributed by atoms with E-state index in [1.54, 1.807) is 0 Å². The summed E-state index contributed by atoms with van der Waals surface area (Å²) in [6.07, 6.45) is 8.35. The van der Waals surface area contributed by atoms with Gasteiger partial charge in [0.05, 0.1) is 6.07 Å². The molecule has 108 valence electrons. The number of rotatable bonds is 4. The summed E-state index contributed by atoms with van der Waals surface area (Å²) in [6.45, 7) is 1.80. The predicted molar refractivity (Wildman–Crippen MR) is 88.3 cm³/mol. The van der Waals surface area contributed by atoms with Crippen LogP contribution in [0.15, 0.2) is 4.99 Å². The fourth-order valence-electron chi connectivity index (χ4n) is 2.70. The van der Waals surface area contributed by atoms with Crippen molar-refractivity contribution in [2.45, 2.75) is 44.9 Å². The second kappa shape index (κ2) is 8.62. The van der Waals surface area contributed by atoms with E-state index in [1.165, 1.54) is 19.3 Å². The Hall–Kier alpha value is -0.510. The van der Waals surface area contributed by atoms with E-state index in [2.05, 4.69) is 16.4 Å². The van der Waals surface area contributed by atoms with Crippen LogP contribution in [0.25, 0.3) is 0 Å². The lowest BCUT2D eigenvalue weighted by atomic mass is 9.83. The molecular formula is C14H25IN4. The van der Waals surface area contributed by atoms with Gasteiger partial charge in [0.15, 0.2) is 5.96 Å². The summed E-state index contributed by atoms with van der Waals surface area (Å²) in [7, 11) is 0. The van der Waals surface area contributed by atoms with E-state index in [1.807, 2.05) is 0 Å². The van der Waals surface area contributed by atoms with Gasteiger partial charge < -0.3 is 11.1 Å². The molecule has 2 fully saturated rings. The van der Waals surface area contributed by atoms with Gasteiger partial charge in [-0.2, -0.15) is 5.26 Å². The molecule has 0 spiro atoms. The first-order valence-electron chi connectivity index (χ1n) is 7.21. The summed E-state index contributed by atoms with van der Waals surface area (Å²) in [4.78, 5) is 4.39. The highest BCUT2D eigenvalue weighted by molar-refractivity contribution is 14.0. The van der Waals surface area contributed by atoms with Gasteiger partial charge in [-0.3, -0.25) is 4.99 Å². The van der Waals surface area contributed by atoms with Crippen LogP contribution in [0.1, 0.15) is 44.9 Å². The van der Waals surface area contributed by atoms with Gasteiger partial charge in [0, 0.05) is 19.0 Å². The van der Waals surface area contributed by atoms with Crippen LogP contribution in [0.5, 0.6) is 0 Å². The summed E-state index contributed by atoms with van der Waals surface area (Å²) in [5.41, 5.74) is 5.86. The number of hydrogen-bond acceptors (Lipinski definition) is 2. The molecule has 2 aliphatic carbocycles. The minimum atomic E-state index is 0. The van der Waals surface area contributed by atoms with Crippen LogP contribution in [0.2, 0.25) is 0 Å². The maximum absolute atomic E-state index is 8.84. The van der Waals surface area contributed by atoms with Gasteiger partial charge in [0.2, 0.25) is 0 Å². The van der Waals surface area contributed by atoms with E-state index < -0.39 is 0 Å². The average Bonchev–Trinajstić information content (AvgIpc) is 2.35. The molecule has 0 amide bonds. The van der Waals surface area contributed by atoms with E-state index in [4.69, 9.17) is 11.0 Å². The molecule has 2 aliphatic rings. The molecule has 0 atom stereocenters. The molecule has 0 aromatic carbocycles. The van der Waals surface area contributed by atoms with Crippen LogP contribution in [0, 0.1) is 29.1 Å². The first-order valence-corrected chi connectivity index (χ1v) is 7.21. The minimum Gasteiger partial charge on any atom is -0.370 e. The van der Waals surface area contributed by atoms with E-state index in [0.29, 0.717) is 11.9 Å². The van der Waals surface area contributed by atoms with Crippen molar-refractivity contribution in [3.8, 4) is 6.07 Å². The third-order valence-electron chi connectivity index (χ3n) is 4.35. The second-order valence-electron chi connectivity index (χ2n) is 5.75. The van der Waals surface area contributed by atoms with Crippen molar-refractivity contribution in [1.29, 1.82) is 5.26 Å². The van der Waals surface area contributed by atoms with Crippen molar-refractivity contribution in [2.24, 2.45) is 28.5 Å². The molecule has 2 rings (SSSR count). The van der Waals surface area contributed by atoms with Crippen molar-refractivity contribution < 1.29 is 0 Å². The lowest BCUT2D eigenvalue weighted by Crippen LogP contribution is -2.37. The fraction of sp³-hybridized carbons (Fsp3) is 0.857. The maximum Gasteiger partial charge on any atom is 0.188 e. The van der Waals surface area contributed by atoms with Gasteiger partial charge in [-0.05, 0) is 50.4 Å². The van der Waals surface area contributed by atoms with Gasteiger partial charge in [-0.15, -0.1) is 24.0 Å². The number of nitrogens with two attached hydrogens (primary N) is 1. The molecule has 0 heterocycles. The molecule has 0 aromatic rings. The fourth-order valence-corrected chi connectivity index (χ4v) is 2.70. The smallest absolute Gasteiger partial charge is 0.188 e. The Balaban J connectivity index is 0.00000180. The minimum absolute atomic E-state index is 0. The van der Waals surface area contributed by atoms with Crippen LogP contribution in [0.4, 0.5) is 0 Å². The molecule has 19 heavy (non-hydrogen) atoms.